The zero-order valence-electron chi connectivity index (χ0n) is 9.71. The third-order valence-electron chi connectivity index (χ3n) is 2.18. The maximum absolute atomic E-state index is 11.2. The number of nitrogens with one attached hydrogen (secondary N) is 2. The highest BCUT2D eigenvalue weighted by Crippen LogP contribution is 2.12. The van der Waals surface area contributed by atoms with Crippen LogP contribution in [0.5, 0.6) is 5.75 Å². The second-order valence-corrected chi connectivity index (χ2v) is 3.66. The van der Waals surface area contributed by atoms with Gasteiger partial charge in [-0.05, 0) is 19.1 Å². The molecular weight excluding hydrogens is 232 g/mol. The third-order valence-corrected chi connectivity index (χ3v) is 2.18. The molecule has 0 aliphatic carbocycles. The molecule has 0 bridgehead atoms. The number of para-hydroxylation sites is 1. The number of hydrazone groups is 1. The molecule has 3 N–H and O–H groups in total. The van der Waals surface area contributed by atoms with Crippen LogP contribution in [0.25, 0.3) is 0 Å². The lowest BCUT2D eigenvalue weighted by molar-refractivity contribution is 0.474. The fraction of sp³-hybridized carbons (Fsp3) is 0.0833. The van der Waals surface area contributed by atoms with Gasteiger partial charge in [-0.1, -0.05) is 12.1 Å². The minimum Gasteiger partial charge on any atom is -0.507 e. The number of benzene rings is 1. The molecule has 2 aromatic rings. The molecule has 0 radical (unpaired) electrons. The Labute approximate surface area is 103 Å². The van der Waals surface area contributed by atoms with Crippen molar-refractivity contribution in [3.05, 3.63) is 51.9 Å². The van der Waals surface area contributed by atoms with Crippen molar-refractivity contribution in [2.75, 3.05) is 5.43 Å². The molecule has 1 aromatic heterocycles. The van der Waals surface area contributed by atoms with Gasteiger partial charge in [-0.15, -0.1) is 0 Å². The molecule has 18 heavy (non-hydrogen) atoms. The van der Waals surface area contributed by atoms with Crippen LogP contribution in [0.4, 0.5) is 5.95 Å². The topological polar surface area (TPSA) is 90.4 Å². The first-order chi connectivity index (χ1) is 8.65. The van der Waals surface area contributed by atoms with Gasteiger partial charge in [-0.3, -0.25) is 9.78 Å². The number of H-pyrrole nitrogens is 1. The lowest BCUT2D eigenvalue weighted by Crippen LogP contribution is -2.10. The summed E-state index contributed by atoms with van der Waals surface area (Å²) >= 11 is 0. The molecule has 0 unspecified atom stereocenters. The van der Waals surface area contributed by atoms with Crippen molar-refractivity contribution >= 4 is 12.2 Å². The smallest absolute Gasteiger partial charge is 0.252 e. The van der Waals surface area contributed by atoms with Crippen LogP contribution >= 0.6 is 0 Å². The number of anilines is 1. The van der Waals surface area contributed by atoms with E-state index in [0.717, 1.165) is 0 Å². The van der Waals surface area contributed by atoms with Crippen molar-refractivity contribution in [3.63, 3.8) is 0 Å². The van der Waals surface area contributed by atoms with E-state index in [2.05, 4.69) is 20.5 Å². The Bertz CT molecular complexity index is 634. The fourth-order valence-electron chi connectivity index (χ4n) is 1.39. The number of aromatic amines is 1. The molecule has 0 spiro atoms. The quantitative estimate of drug-likeness (QED) is 0.559. The van der Waals surface area contributed by atoms with Crippen molar-refractivity contribution in [1.29, 1.82) is 0 Å². The molecule has 6 nitrogen and oxygen atoms in total. The standard InChI is InChI=1S/C12H12N4O2/c1-8-6-11(18)15-12(14-8)16-13-7-9-4-2-3-5-10(9)17/h2-7,17H,1H3,(H2,14,15,16,18)/b13-7-. The SMILES string of the molecule is Cc1cc(=O)[nH]c(N/N=C\c2ccccc2O)n1. The summed E-state index contributed by atoms with van der Waals surface area (Å²) in [6.07, 6.45) is 1.44. The van der Waals surface area contributed by atoms with E-state index in [9.17, 15) is 9.90 Å². The molecule has 0 amide bonds. The lowest BCUT2D eigenvalue weighted by Gasteiger charge is -2.00. The van der Waals surface area contributed by atoms with Crippen molar-refractivity contribution < 1.29 is 5.11 Å². The molecule has 6 heteroatoms. The van der Waals surface area contributed by atoms with E-state index in [1.54, 1.807) is 31.2 Å². The van der Waals surface area contributed by atoms with E-state index >= 15 is 0 Å². The summed E-state index contributed by atoms with van der Waals surface area (Å²) in [5.74, 6) is 0.389. The number of rotatable bonds is 3. The summed E-state index contributed by atoms with van der Waals surface area (Å²) in [4.78, 5) is 17.7. The zero-order chi connectivity index (χ0) is 13.0. The maximum Gasteiger partial charge on any atom is 0.252 e. The maximum atomic E-state index is 11.2. The summed E-state index contributed by atoms with van der Waals surface area (Å²) in [5, 5.41) is 13.4. The third kappa shape index (κ3) is 2.94. The van der Waals surface area contributed by atoms with Gasteiger partial charge in [0, 0.05) is 17.3 Å². The number of aromatic nitrogens is 2. The highest BCUT2D eigenvalue weighted by atomic mass is 16.3. The lowest BCUT2D eigenvalue weighted by atomic mass is 10.2. The number of phenolic OH excluding ortho intramolecular Hbond substituents is 1. The number of nitrogens with zero attached hydrogens (tertiary/aromatic N) is 2. The Morgan fingerprint density at radius 1 is 1.44 bits per heavy atom. The Morgan fingerprint density at radius 3 is 2.94 bits per heavy atom. The minimum atomic E-state index is -0.247. The molecular formula is C12H12N4O2. The van der Waals surface area contributed by atoms with Gasteiger partial charge in [-0.25, -0.2) is 10.4 Å². The van der Waals surface area contributed by atoms with Gasteiger partial charge in [0.15, 0.2) is 0 Å². The van der Waals surface area contributed by atoms with Gasteiger partial charge >= 0.3 is 0 Å². The van der Waals surface area contributed by atoms with E-state index in [1.165, 1.54) is 12.3 Å². The van der Waals surface area contributed by atoms with Crippen LogP contribution in [-0.2, 0) is 0 Å². The van der Waals surface area contributed by atoms with Crippen LogP contribution in [-0.4, -0.2) is 21.3 Å². The van der Waals surface area contributed by atoms with Crippen LogP contribution < -0.4 is 11.0 Å². The molecule has 0 aliphatic heterocycles. The predicted molar refractivity (Wildman–Crippen MR) is 68.9 cm³/mol. The summed E-state index contributed by atoms with van der Waals surface area (Å²) in [6, 6.07) is 8.17. The number of hydrogen-bond donors (Lipinski definition) is 3. The van der Waals surface area contributed by atoms with E-state index in [4.69, 9.17) is 0 Å². The highest BCUT2D eigenvalue weighted by Gasteiger charge is 1.97. The molecule has 0 aliphatic rings. The van der Waals surface area contributed by atoms with Gasteiger partial charge in [0.25, 0.3) is 5.56 Å². The molecule has 1 aromatic carbocycles. The average molecular weight is 244 g/mol. The Morgan fingerprint density at radius 2 is 2.22 bits per heavy atom. The Kier molecular flexibility index (Phi) is 3.38. The van der Waals surface area contributed by atoms with E-state index in [1.807, 2.05) is 0 Å². The van der Waals surface area contributed by atoms with Crippen LogP contribution in [0.1, 0.15) is 11.3 Å². The average Bonchev–Trinajstić information content (AvgIpc) is 2.30. The molecule has 92 valence electrons. The van der Waals surface area contributed by atoms with Crippen LogP contribution in [0, 0.1) is 6.92 Å². The first-order valence-corrected chi connectivity index (χ1v) is 5.30. The van der Waals surface area contributed by atoms with E-state index < -0.39 is 0 Å². The van der Waals surface area contributed by atoms with Crippen LogP contribution in [0.15, 0.2) is 40.2 Å². The summed E-state index contributed by atoms with van der Waals surface area (Å²) in [6.45, 7) is 1.72. The van der Waals surface area contributed by atoms with Crippen LogP contribution in [0.3, 0.4) is 0 Å². The fourth-order valence-corrected chi connectivity index (χ4v) is 1.39. The molecule has 0 saturated carbocycles. The minimum absolute atomic E-state index is 0.133. The first kappa shape index (κ1) is 11.8. The number of hydrogen-bond acceptors (Lipinski definition) is 5. The predicted octanol–water partition coefficient (Wildman–Crippen LogP) is 1.23. The molecule has 0 saturated heterocycles. The van der Waals surface area contributed by atoms with Crippen molar-refractivity contribution in [1.82, 2.24) is 9.97 Å². The highest BCUT2D eigenvalue weighted by molar-refractivity contribution is 5.83. The molecule has 2 rings (SSSR count). The van der Waals surface area contributed by atoms with E-state index in [-0.39, 0.29) is 17.3 Å². The monoisotopic (exact) mass is 244 g/mol. The van der Waals surface area contributed by atoms with Gasteiger partial charge in [-0.2, -0.15) is 5.10 Å². The largest absolute Gasteiger partial charge is 0.507 e. The van der Waals surface area contributed by atoms with Gasteiger partial charge in [0.1, 0.15) is 5.75 Å². The second kappa shape index (κ2) is 5.13. The summed E-state index contributed by atoms with van der Waals surface area (Å²) < 4.78 is 0. The second-order valence-electron chi connectivity index (χ2n) is 3.66. The first-order valence-electron chi connectivity index (χ1n) is 5.30. The van der Waals surface area contributed by atoms with E-state index in [0.29, 0.717) is 11.3 Å². The molecule has 0 atom stereocenters. The Hall–Kier alpha value is -2.63. The van der Waals surface area contributed by atoms with Gasteiger partial charge < -0.3 is 5.11 Å². The molecule has 1 heterocycles. The molecule has 0 fully saturated rings. The number of aromatic hydroxyl groups is 1. The van der Waals surface area contributed by atoms with Crippen molar-refractivity contribution in [3.8, 4) is 5.75 Å². The normalized spacial score (nSPS) is 10.7. The van der Waals surface area contributed by atoms with Crippen molar-refractivity contribution in [2.45, 2.75) is 6.92 Å². The number of phenols is 1. The summed E-state index contributed by atoms with van der Waals surface area (Å²) in [7, 11) is 0. The van der Waals surface area contributed by atoms with Gasteiger partial charge in [0.2, 0.25) is 5.95 Å². The van der Waals surface area contributed by atoms with Crippen molar-refractivity contribution in [2.24, 2.45) is 5.10 Å². The summed E-state index contributed by atoms with van der Waals surface area (Å²) in [5.41, 5.74) is 3.51. The zero-order valence-corrected chi connectivity index (χ0v) is 9.71. The van der Waals surface area contributed by atoms with Gasteiger partial charge in [0.05, 0.1) is 6.21 Å². The van der Waals surface area contributed by atoms with Crippen LogP contribution in [0.2, 0.25) is 0 Å². The number of aryl methyl sites for hydroxylation is 1. The Balaban J connectivity index is 2.12.